The van der Waals surface area contributed by atoms with E-state index in [1.54, 1.807) is 13.2 Å². The highest BCUT2D eigenvalue weighted by molar-refractivity contribution is 5.84. The maximum absolute atomic E-state index is 14.8. The van der Waals surface area contributed by atoms with E-state index in [2.05, 4.69) is 20.1 Å². The SMILES string of the molecule is COCC(=O)N1CCC(N2CCC(c3nc(-n4nc(C(C)C)c5ccc(F)c(F)c54)no3)CC2)CC1. The van der Waals surface area contributed by atoms with E-state index in [9.17, 15) is 13.6 Å². The van der Waals surface area contributed by atoms with Crippen molar-refractivity contribution in [3.63, 3.8) is 0 Å². The summed E-state index contributed by atoms with van der Waals surface area (Å²) in [7, 11) is 1.54. The number of piperidine rings is 2. The lowest BCUT2D eigenvalue weighted by atomic mass is 9.93. The van der Waals surface area contributed by atoms with Crippen LogP contribution in [0.25, 0.3) is 16.9 Å². The number of hydrogen-bond donors (Lipinski definition) is 0. The first-order chi connectivity index (χ1) is 17.4. The number of ether oxygens (including phenoxy) is 1. The highest BCUT2D eigenvalue weighted by Gasteiger charge is 2.32. The van der Waals surface area contributed by atoms with Crippen LogP contribution in [-0.4, -0.2) is 81.6 Å². The van der Waals surface area contributed by atoms with Gasteiger partial charge in [-0.05, 0) is 62.0 Å². The third-order valence-electron chi connectivity index (χ3n) is 7.41. The number of rotatable bonds is 6. The van der Waals surface area contributed by atoms with Gasteiger partial charge in [0.1, 0.15) is 12.1 Å². The van der Waals surface area contributed by atoms with Crippen molar-refractivity contribution in [3.8, 4) is 5.95 Å². The number of amides is 1. The fraction of sp³-hybridized carbons (Fsp3) is 0.600. The zero-order valence-electron chi connectivity index (χ0n) is 20.9. The molecule has 4 heterocycles. The summed E-state index contributed by atoms with van der Waals surface area (Å²) in [6.45, 7) is 7.35. The van der Waals surface area contributed by atoms with E-state index in [-0.39, 0.29) is 35.8 Å². The Kier molecular flexibility index (Phi) is 7.03. The average molecular weight is 503 g/mol. The quantitative estimate of drug-likeness (QED) is 0.509. The van der Waals surface area contributed by atoms with Gasteiger partial charge in [0.05, 0.1) is 5.69 Å². The second-order valence-corrected chi connectivity index (χ2v) is 10.00. The van der Waals surface area contributed by atoms with Gasteiger partial charge in [-0.25, -0.2) is 8.78 Å². The molecule has 5 rings (SSSR count). The standard InChI is InChI=1S/C25H32F2N6O3/c1-15(2)22-18-4-5-19(26)21(27)23(18)33(29-22)25-28-24(36-30-25)16-6-10-31(11-7-16)17-8-12-32(13-9-17)20(34)14-35-3/h4-5,15-17H,6-14H2,1-3H3. The molecule has 0 unspecified atom stereocenters. The van der Waals surface area contributed by atoms with Crippen LogP contribution in [-0.2, 0) is 9.53 Å². The summed E-state index contributed by atoms with van der Waals surface area (Å²) in [4.78, 5) is 21.0. The highest BCUT2D eigenvalue weighted by Crippen LogP contribution is 2.32. The van der Waals surface area contributed by atoms with Crippen molar-refractivity contribution in [1.82, 2.24) is 29.7 Å². The van der Waals surface area contributed by atoms with Crippen LogP contribution in [0, 0.1) is 11.6 Å². The average Bonchev–Trinajstić information content (AvgIpc) is 3.52. The number of likely N-dealkylation sites (tertiary alicyclic amines) is 2. The number of fused-ring (bicyclic) bond motifs is 1. The molecule has 0 saturated carbocycles. The fourth-order valence-corrected chi connectivity index (χ4v) is 5.42. The van der Waals surface area contributed by atoms with Crippen molar-refractivity contribution in [2.75, 3.05) is 39.9 Å². The summed E-state index contributed by atoms with van der Waals surface area (Å²) >= 11 is 0. The number of halogens is 2. The van der Waals surface area contributed by atoms with Crippen molar-refractivity contribution in [2.24, 2.45) is 0 Å². The topological polar surface area (TPSA) is 89.5 Å². The smallest absolute Gasteiger partial charge is 0.291 e. The molecule has 11 heteroatoms. The normalized spacial score (nSPS) is 18.6. The molecule has 2 aliphatic heterocycles. The molecule has 194 valence electrons. The number of methoxy groups -OCH3 is 1. The van der Waals surface area contributed by atoms with E-state index in [0.29, 0.717) is 23.0 Å². The Morgan fingerprint density at radius 2 is 1.86 bits per heavy atom. The summed E-state index contributed by atoms with van der Waals surface area (Å²) in [6.07, 6.45) is 3.64. The lowest BCUT2D eigenvalue weighted by Gasteiger charge is -2.41. The van der Waals surface area contributed by atoms with E-state index in [1.807, 2.05) is 18.7 Å². The number of aromatic nitrogens is 4. The van der Waals surface area contributed by atoms with Gasteiger partial charge in [0.2, 0.25) is 11.8 Å². The summed E-state index contributed by atoms with van der Waals surface area (Å²) in [6, 6.07) is 3.12. The van der Waals surface area contributed by atoms with Gasteiger partial charge in [0.25, 0.3) is 5.95 Å². The molecule has 2 saturated heterocycles. The summed E-state index contributed by atoms with van der Waals surface area (Å²) in [5.74, 6) is -1.14. The molecular formula is C25H32F2N6O3. The monoisotopic (exact) mass is 502 g/mol. The van der Waals surface area contributed by atoms with Crippen LogP contribution in [0.4, 0.5) is 8.78 Å². The van der Waals surface area contributed by atoms with Crippen LogP contribution in [0.5, 0.6) is 0 Å². The molecule has 0 aliphatic carbocycles. The Labute approximate surface area is 208 Å². The number of carbonyl (C=O) groups is 1. The van der Waals surface area contributed by atoms with Crippen LogP contribution in [0.1, 0.15) is 63.0 Å². The van der Waals surface area contributed by atoms with Crippen molar-refractivity contribution < 1.29 is 22.8 Å². The van der Waals surface area contributed by atoms with Gasteiger partial charge in [0.15, 0.2) is 11.6 Å². The van der Waals surface area contributed by atoms with Crippen molar-refractivity contribution >= 4 is 16.8 Å². The van der Waals surface area contributed by atoms with Crippen LogP contribution in [0.3, 0.4) is 0 Å². The van der Waals surface area contributed by atoms with Gasteiger partial charge in [-0.3, -0.25) is 4.79 Å². The van der Waals surface area contributed by atoms with Gasteiger partial charge in [-0.2, -0.15) is 14.8 Å². The predicted molar refractivity (Wildman–Crippen MR) is 128 cm³/mol. The van der Waals surface area contributed by atoms with Crippen LogP contribution >= 0.6 is 0 Å². The van der Waals surface area contributed by atoms with Gasteiger partial charge in [0, 0.05) is 37.5 Å². The zero-order chi connectivity index (χ0) is 25.4. The number of carbonyl (C=O) groups excluding carboxylic acids is 1. The zero-order valence-corrected chi connectivity index (χ0v) is 20.9. The minimum Gasteiger partial charge on any atom is -0.375 e. The number of nitrogens with zero attached hydrogens (tertiary/aromatic N) is 6. The summed E-state index contributed by atoms with van der Waals surface area (Å²) in [5.41, 5.74) is 0.676. The third-order valence-corrected chi connectivity index (χ3v) is 7.41. The number of hydrogen-bond acceptors (Lipinski definition) is 7. The first kappa shape index (κ1) is 24.8. The van der Waals surface area contributed by atoms with Gasteiger partial charge >= 0.3 is 0 Å². The van der Waals surface area contributed by atoms with Crippen molar-refractivity contribution in [3.05, 3.63) is 35.4 Å². The Bertz CT molecular complexity index is 1230. The molecule has 1 aromatic carbocycles. The molecule has 2 aromatic heterocycles. The molecule has 2 fully saturated rings. The Balaban J connectivity index is 1.26. The molecule has 3 aromatic rings. The second-order valence-electron chi connectivity index (χ2n) is 10.00. The van der Waals surface area contributed by atoms with Crippen LogP contribution < -0.4 is 0 Å². The van der Waals surface area contributed by atoms with Crippen LogP contribution in [0.15, 0.2) is 16.7 Å². The van der Waals surface area contributed by atoms with Crippen molar-refractivity contribution in [1.29, 1.82) is 0 Å². The number of benzene rings is 1. The molecular weight excluding hydrogens is 470 g/mol. The van der Waals surface area contributed by atoms with E-state index in [4.69, 9.17) is 9.26 Å². The van der Waals surface area contributed by atoms with Gasteiger partial charge < -0.3 is 19.1 Å². The lowest BCUT2D eigenvalue weighted by molar-refractivity contribution is -0.136. The molecule has 0 N–H and O–H groups in total. The Morgan fingerprint density at radius 3 is 2.53 bits per heavy atom. The molecule has 36 heavy (non-hydrogen) atoms. The van der Waals surface area contributed by atoms with E-state index < -0.39 is 11.6 Å². The minimum atomic E-state index is -0.971. The Hall–Kier alpha value is -2.92. The van der Waals surface area contributed by atoms with Crippen molar-refractivity contribution in [2.45, 2.75) is 57.4 Å². The molecule has 0 spiro atoms. The molecule has 0 radical (unpaired) electrons. The lowest BCUT2D eigenvalue weighted by Crippen LogP contribution is -2.49. The molecule has 1 amide bonds. The van der Waals surface area contributed by atoms with Gasteiger partial charge in [-0.1, -0.05) is 13.8 Å². The molecule has 9 nitrogen and oxygen atoms in total. The van der Waals surface area contributed by atoms with Gasteiger partial charge in [-0.15, -0.1) is 0 Å². The maximum Gasteiger partial charge on any atom is 0.291 e. The van der Waals surface area contributed by atoms with E-state index >= 15 is 0 Å². The van der Waals surface area contributed by atoms with Crippen LogP contribution in [0.2, 0.25) is 0 Å². The maximum atomic E-state index is 14.8. The van der Waals surface area contributed by atoms with E-state index in [1.165, 1.54) is 4.68 Å². The largest absolute Gasteiger partial charge is 0.375 e. The Morgan fingerprint density at radius 1 is 1.14 bits per heavy atom. The molecule has 2 aliphatic rings. The fourth-order valence-electron chi connectivity index (χ4n) is 5.42. The predicted octanol–water partition coefficient (Wildman–Crippen LogP) is 3.63. The molecule has 0 bridgehead atoms. The highest BCUT2D eigenvalue weighted by atomic mass is 19.2. The van der Waals surface area contributed by atoms with E-state index in [0.717, 1.165) is 57.9 Å². The summed E-state index contributed by atoms with van der Waals surface area (Å²) in [5, 5.41) is 9.11. The minimum absolute atomic E-state index is 0.0132. The third kappa shape index (κ3) is 4.61. The molecule has 0 atom stereocenters. The summed E-state index contributed by atoms with van der Waals surface area (Å²) < 4.78 is 40.6. The second kappa shape index (κ2) is 10.2. The first-order valence-electron chi connectivity index (χ1n) is 12.6. The first-order valence-corrected chi connectivity index (χ1v) is 12.6.